The minimum absolute atomic E-state index is 0.0521. The van der Waals surface area contributed by atoms with E-state index in [0.717, 1.165) is 40.2 Å². The number of benzene rings is 2. The minimum Gasteiger partial charge on any atom is -0.496 e. The van der Waals surface area contributed by atoms with E-state index in [-0.39, 0.29) is 35.3 Å². The fourth-order valence-electron chi connectivity index (χ4n) is 6.71. The quantitative estimate of drug-likeness (QED) is 0.145. The first kappa shape index (κ1) is 36.0. The monoisotopic (exact) mass is 710 g/mol. The molecule has 14 nitrogen and oxygen atoms in total. The number of rotatable bonds is 14. The van der Waals surface area contributed by atoms with Crippen LogP contribution in [0.3, 0.4) is 0 Å². The lowest BCUT2D eigenvalue weighted by molar-refractivity contribution is -0.136. The van der Waals surface area contributed by atoms with E-state index in [0.29, 0.717) is 48.5 Å². The molecule has 0 spiro atoms. The molecular formula is C38H42N6O8. The van der Waals surface area contributed by atoms with E-state index in [1.807, 2.05) is 26.2 Å². The molecular weight excluding hydrogens is 668 g/mol. The number of amides is 4. The van der Waals surface area contributed by atoms with E-state index in [2.05, 4.69) is 20.5 Å². The highest BCUT2D eigenvalue weighted by molar-refractivity contribution is 6.24. The zero-order valence-corrected chi connectivity index (χ0v) is 29.9. The number of pyridine rings is 2. The van der Waals surface area contributed by atoms with Gasteiger partial charge in [-0.1, -0.05) is 6.07 Å². The number of unbranched alkanes of at least 4 members (excludes halogenated alkanes) is 2. The Morgan fingerprint density at radius 2 is 1.69 bits per heavy atom. The molecule has 1 fully saturated rings. The van der Waals surface area contributed by atoms with Gasteiger partial charge in [-0.2, -0.15) is 0 Å². The Balaban J connectivity index is 1.07. The van der Waals surface area contributed by atoms with Crippen LogP contribution in [0, 0.1) is 0 Å². The van der Waals surface area contributed by atoms with E-state index in [1.165, 1.54) is 6.07 Å². The first-order chi connectivity index (χ1) is 25.0. The number of piperidine rings is 1. The van der Waals surface area contributed by atoms with Gasteiger partial charge in [0.05, 0.1) is 37.3 Å². The van der Waals surface area contributed by atoms with Crippen molar-refractivity contribution in [1.82, 2.24) is 24.7 Å². The molecule has 2 N–H and O–H groups in total. The molecule has 0 radical (unpaired) electrons. The van der Waals surface area contributed by atoms with Crippen LogP contribution in [0.25, 0.3) is 21.9 Å². The zero-order chi connectivity index (χ0) is 37.1. The second kappa shape index (κ2) is 15.2. The molecule has 0 aliphatic carbocycles. The normalized spacial score (nSPS) is 15.7. The van der Waals surface area contributed by atoms with Crippen molar-refractivity contribution in [2.45, 2.75) is 44.7 Å². The number of anilines is 1. The fourth-order valence-corrected chi connectivity index (χ4v) is 6.71. The van der Waals surface area contributed by atoms with Gasteiger partial charge in [0.2, 0.25) is 11.8 Å². The Bertz CT molecular complexity index is 2130. The number of hydrogen-bond donors (Lipinski definition) is 2. The summed E-state index contributed by atoms with van der Waals surface area (Å²) in [6.45, 7) is 1.59. The topological polar surface area (TPSA) is 161 Å². The molecule has 2 aliphatic rings. The van der Waals surface area contributed by atoms with Gasteiger partial charge >= 0.3 is 0 Å². The van der Waals surface area contributed by atoms with Gasteiger partial charge in [-0.05, 0) is 70.1 Å². The van der Waals surface area contributed by atoms with Crippen molar-refractivity contribution in [3.8, 4) is 28.4 Å². The number of aryl methyl sites for hydroxylation is 1. The number of imide groups is 2. The number of nitrogens with one attached hydrogen (secondary N) is 2. The molecule has 0 bridgehead atoms. The summed E-state index contributed by atoms with van der Waals surface area (Å²) in [6.07, 6.45) is 5.88. The Morgan fingerprint density at radius 1 is 0.904 bits per heavy atom. The number of methoxy groups -OCH3 is 2. The van der Waals surface area contributed by atoms with Gasteiger partial charge in [0.25, 0.3) is 17.4 Å². The van der Waals surface area contributed by atoms with E-state index in [9.17, 15) is 24.0 Å². The minimum atomic E-state index is -1.04. The van der Waals surface area contributed by atoms with Gasteiger partial charge in [0, 0.05) is 61.0 Å². The van der Waals surface area contributed by atoms with Crippen molar-refractivity contribution >= 4 is 40.2 Å². The third-order valence-electron chi connectivity index (χ3n) is 9.26. The average molecular weight is 711 g/mol. The van der Waals surface area contributed by atoms with Gasteiger partial charge in [-0.15, -0.1) is 0 Å². The van der Waals surface area contributed by atoms with Gasteiger partial charge in [0.1, 0.15) is 29.1 Å². The number of nitrogens with zero attached hydrogens (tertiary/aromatic N) is 4. The Labute approximate surface area is 300 Å². The van der Waals surface area contributed by atoms with Crippen LogP contribution < -0.4 is 30.4 Å². The molecule has 272 valence electrons. The maximum absolute atomic E-state index is 13.3. The van der Waals surface area contributed by atoms with E-state index in [1.54, 1.807) is 56.4 Å². The van der Waals surface area contributed by atoms with Gasteiger partial charge in [0.15, 0.2) is 0 Å². The third-order valence-corrected chi connectivity index (χ3v) is 9.26. The fraction of sp³-hybridized carbons (Fsp3) is 0.368. The number of fused-ring (bicyclic) bond motifs is 2. The first-order valence-electron chi connectivity index (χ1n) is 17.1. The second-order valence-electron chi connectivity index (χ2n) is 13.1. The molecule has 52 heavy (non-hydrogen) atoms. The van der Waals surface area contributed by atoms with Crippen molar-refractivity contribution in [1.29, 1.82) is 0 Å². The number of aromatic nitrogens is 2. The largest absolute Gasteiger partial charge is 0.496 e. The lowest BCUT2D eigenvalue weighted by Crippen LogP contribution is -2.54. The van der Waals surface area contributed by atoms with Crippen LogP contribution in [0.2, 0.25) is 0 Å². The van der Waals surface area contributed by atoms with Crippen molar-refractivity contribution in [2.75, 3.05) is 46.8 Å². The lowest BCUT2D eigenvalue weighted by atomic mass is 9.98. The zero-order valence-electron chi connectivity index (χ0n) is 29.9. The molecule has 2 aromatic heterocycles. The number of hydrogen-bond acceptors (Lipinski definition) is 11. The summed E-state index contributed by atoms with van der Waals surface area (Å²) in [5.41, 5.74) is 2.72. The SMILES string of the molecule is COc1cc(-c2cn(C)c(=O)c3cc(NCCCCCOc4cccc5c4C(=O)N(C4CCC(=O)NC4=O)C5=O)ncc23)c(OC)cc1CN(C)C. The Hall–Kier alpha value is -5.76. The van der Waals surface area contributed by atoms with E-state index < -0.39 is 29.7 Å². The Morgan fingerprint density at radius 3 is 2.42 bits per heavy atom. The molecule has 1 atom stereocenters. The third kappa shape index (κ3) is 7.06. The second-order valence-corrected chi connectivity index (χ2v) is 13.1. The number of carbonyl (C=O) groups is 4. The summed E-state index contributed by atoms with van der Waals surface area (Å²) >= 11 is 0. The molecule has 2 aromatic carbocycles. The summed E-state index contributed by atoms with van der Waals surface area (Å²) in [5, 5.41) is 6.73. The van der Waals surface area contributed by atoms with Crippen LogP contribution in [0.15, 0.2) is 53.6 Å². The molecule has 1 unspecified atom stereocenters. The molecule has 2 aliphatic heterocycles. The molecule has 6 rings (SSSR count). The van der Waals surface area contributed by atoms with Crippen molar-refractivity contribution < 1.29 is 33.4 Å². The molecule has 0 saturated carbocycles. The standard InChI is InChI=1S/C38H42N6O8/c1-42(2)20-22-16-31(51-5)24(17-30(22)50-4)27-21-43(3)36(47)25-18-32(40-19-26(25)27)39-14-7-6-8-15-52-29-11-9-10-23-34(29)38(49)44(37(23)48)28-12-13-33(45)41-35(28)46/h9-11,16-19,21,28H,6-8,12-15,20H2,1-5H3,(H,39,40)(H,41,45,46). The maximum Gasteiger partial charge on any atom is 0.266 e. The van der Waals surface area contributed by atoms with Crippen LogP contribution in [-0.2, 0) is 23.2 Å². The highest BCUT2D eigenvalue weighted by Gasteiger charge is 2.46. The first-order valence-corrected chi connectivity index (χ1v) is 17.1. The predicted molar refractivity (Wildman–Crippen MR) is 194 cm³/mol. The lowest BCUT2D eigenvalue weighted by Gasteiger charge is -2.27. The Kier molecular flexibility index (Phi) is 10.6. The van der Waals surface area contributed by atoms with Crippen LogP contribution in [0.4, 0.5) is 5.82 Å². The highest BCUT2D eigenvalue weighted by Crippen LogP contribution is 2.39. The van der Waals surface area contributed by atoms with Crippen LogP contribution >= 0.6 is 0 Å². The van der Waals surface area contributed by atoms with Crippen molar-refractivity contribution in [3.05, 3.63) is 75.8 Å². The molecule has 4 amide bonds. The maximum atomic E-state index is 13.3. The van der Waals surface area contributed by atoms with Gasteiger partial charge in [-0.25, -0.2) is 4.98 Å². The van der Waals surface area contributed by atoms with Crippen molar-refractivity contribution in [3.63, 3.8) is 0 Å². The predicted octanol–water partition coefficient (Wildman–Crippen LogP) is 3.74. The number of ether oxygens (including phenoxy) is 3. The number of carbonyl (C=O) groups excluding carboxylic acids is 4. The molecule has 4 heterocycles. The van der Waals surface area contributed by atoms with Gasteiger partial charge < -0.3 is 29.0 Å². The van der Waals surface area contributed by atoms with Gasteiger partial charge in [-0.3, -0.25) is 34.2 Å². The highest BCUT2D eigenvalue weighted by atomic mass is 16.5. The summed E-state index contributed by atoms with van der Waals surface area (Å²) in [5.74, 6) is -0.0152. The van der Waals surface area contributed by atoms with E-state index in [4.69, 9.17) is 14.2 Å². The molecule has 4 aromatic rings. The summed E-state index contributed by atoms with van der Waals surface area (Å²) in [6, 6.07) is 9.43. The summed E-state index contributed by atoms with van der Waals surface area (Å²) < 4.78 is 19.0. The molecule has 14 heteroatoms. The summed E-state index contributed by atoms with van der Waals surface area (Å²) in [7, 11) is 8.95. The van der Waals surface area contributed by atoms with Crippen molar-refractivity contribution in [2.24, 2.45) is 7.05 Å². The summed E-state index contributed by atoms with van der Waals surface area (Å²) in [4.78, 5) is 71.2. The van der Waals surface area contributed by atoms with Crippen LogP contribution in [0.5, 0.6) is 17.2 Å². The van der Waals surface area contributed by atoms with Crippen LogP contribution in [-0.4, -0.2) is 90.5 Å². The van der Waals surface area contributed by atoms with E-state index >= 15 is 0 Å². The average Bonchev–Trinajstić information content (AvgIpc) is 3.38. The van der Waals surface area contributed by atoms with Crippen LogP contribution in [0.1, 0.15) is 58.4 Å². The molecule has 1 saturated heterocycles. The smallest absolute Gasteiger partial charge is 0.266 e.